The predicted octanol–water partition coefficient (Wildman–Crippen LogP) is 5.79. The highest BCUT2D eigenvalue weighted by molar-refractivity contribution is 5.84. The Balaban J connectivity index is 0.000000616. The van der Waals surface area contributed by atoms with Gasteiger partial charge in [0.25, 0.3) is 0 Å². The van der Waals surface area contributed by atoms with Crippen LogP contribution in [0.2, 0.25) is 0 Å². The minimum atomic E-state index is -5.08. The fourth-order valence-electron chi connectivity index (χ4n) is 4.68. The number of carboxylic acid groups (broad SMARTS) is 1. The topological polar surface area (TPSA) is 116 Å². The molecule has 1 atom stereocenters. The third-order valence-electron chi connectivity index (χ3n) is 6.85. The Labute approximate surface area is 244 Å². The molecule has 0 bridgehead atoms. The lowest BCUT2D eigenvalue weighted by molar-refractivity contribution is -0.192. The minimum absolute atomic E-state index is 0.0298. The molecule has 1 amide bonds. The number of aromatic nitrogens is 2. The molecule has 42 heavy (non-hydrogen) atoms. The maximum Gasteiger partial charge on any atom is 0.490 e. The quantitative estimate of drug-likeness (QED) is 0.225. The number of rotatable bonds is 11. The summed E-state index contributed by atoms with van der Waals surface area (Å²) in [6.07, 6.45) is 2.81. The third kappa shape index (κ3) is 11.8. The first-order chi connectivity index (χ1) is 20.1. The number of nitrogens with one attached hydrogen (secondary N) is 3. The van der Waals surface area contributed by atoms with Crippen LogP contribution in [0.3, 0.4) is 0 Å². The largest absolute Gasteiger partial charge is 0.490 e. The normalized spacial score (nSPS) is 14.2. The van der Waals surface area contributed by atoms with Crippen molar-refractivity contribution >= 4 is 23.6 Å². The summed E-state index contributed by atoms with van der Waals surface area (Å²) in [6, 6.07) is 21.8. The molecule has 8 nitrogen and oxygen atoms in total. The van der Waals surface area contributed by atoms with Crippen LogP contribution in [0.15, 0.2) is 66.7 Å². The van der Waals surface area contributed by atoms with E-state index in [1.165, 1.54) is 37.7 Å². The first-order valence-electron chi connectivity index (χ1n) is 14.1. The van der Waals surface area contributed by atoms with Crippen LogP contribution in [-0.2, 0) is 22.4 Å². The van der Waals surface area contributed by atoms with Crippen LogP contribution in [0.4, 0.5) is 24.9 Å². The molecule has 0 saturated heterocycles. The van der Waals surface area contributed by atoms with Crippen molar-refractivity contribution < 1.29 is 27.9 Å². The zero-order valence-corrected chi connectivity index (χ0v) is 23.7. The maximum absolute atomic E-state index is 13.2. The molecular formula is C31H38F3N5O3. The van der Waals surface area contributed by atoms with Crippen molar-refractivity contribution in [1.82, 2.24) is 15.3 Å². The summed E-state index contributed by atoms with van der Waals surface area (Å²) in [5.41, 5.74) is 3.18. The van der Waals surface area contributed by atoms with Crippen molar-refractivity contribution in [2.24, 2.45) is 5.92 Å². The number of aliphatic carboxylic acids is 1. The average molecular weight is 586 g/mol. The van der Waals surface area contributed by atoms with Gasteiger partial charge in [0.2, 0.25) is 11.9 Å². The van der Waals surface area contributed by atoms with Gasteiger partial charge in [-0.25, -0.2) is 9.78 Å². The Hall–Kier alpha value is -4.15. The second kappa shape index (κ2) is 16.3. The lowest BCUT2D eigenvalue weighted by Crippen LogP contribution is -2.42. The third-order valence-corrected chi connectivity index (χ3v) is 6.85. The van der Waals surface area contributed by atoms with Gasteiger partial charge in [0.1, 0.15) is 11.9 Å². The molecule has 1 fully saturated rings. The van der Waals surface area contributed by atoms with Gasteiger partial charge in [-0.05, 0) is 43.2 Å². The molecule has 1 heterocycles. The molecule has 0 aliphatic heterocycles. The molecular weight excluding hydrogens is 547 g/mol. The number of halogens is 3. The predicted molar refractivity (Wildman–Crippen MR) is 156 cm³/mol. The molecule has 4 rings (SSSR count). The van der Waals surface area contributed by atoms with Gasteiger partial charge in [-0.1, -0.05) is 79.9 Å². The van der Waals surface area contributed by atoms with Gasteiger partial charge in [-0.15, -0.1) is 0 Å². The molecule has 11 heteroatoms. The van der Waals surface area contributed by atoms with Crippen LogP contribution in [-0.4, -0.2) is 52.3 Å². The Morgan fingerprint density at radius 2 is 1.55 bits per heavy atom. The zero-order valence-electron chi connectivity index (χ0n) is 23.7. The first-order valence-corrected chi connectivity index (χ1v) is 14.1. The highest BCUT2D eigenvalue weighted by atomic mass is 19.4. The van der Waals surface area contributed by atoms with E-state index in [-0.39, 0.29) is 5.91 Å². The summed E-state index contributed by atoms with van der Waals surface area (Å²) in [7, 11) is 0. The van der Waals surface area contributed by atoms with Gasteiger partial charge in [0.05, 0.1) is 0 Å². The van der Waals surface area contributed by atoms with Gasteiger partial charge in [-0.2, -0.15) is 18.2 Å². The Bertz CT molecular complexity index is 1250. The molecule has 3 aromatic rings. The summed E-state index contributed by atoms with van der Waals surface area (Å²) in [4.78, 5) is 31.4. The summed E-state index contributed by atoms with van der Waals surface area (Å²) < 4.78 is 31.7. The lowest BCUT2D eigenvalue weighted by Gasteiger charge is -2.22. The highest BCUT2D eigenvalue weighted by Gasteiger charge is 2.38. The molecule has 2 aromatic carbocycles. The maximum atomic E-state index is 13.2. The van der Waals surface area contributed by atoms with E-state index < -0.39 is 18.2 Å². The molecule has 1 aliphatic carbocycles. The van der Waals surface area contributed by atoms with E-state index in [1.807, 2.05) is 61.5 Å². The second-order valence-corrected chi connectivity index (χ2v) is 10.3. The summed E-state index contributed by atoms with van der Waals surface area (Å²) in [5, 5.41) is 17.1. The monoisotopic (exact) mass is 585 g/mol. The molecule has 0 spiro atoms. The zero-order chi connectivity index (χ0) is 30.4. The Morgan fingerprint density at radius 3 is 2.14 bits per heavy atom. The van der Waals surface area contributed by atoms with E-state index in [9.17, 15) is 18.0 Å². The lowest BCUT2D eigenvalue weighted by atomic mass is 9.89. The summed E-state index contributed by atoms with van der Waals surface area (Å²) >= 11 is 0. The number of carbonyl (C=O) groups is 2. The smallest absolute Gasteiger partial charge is 0.475 e. The number of carboxylic acids is 1. The second-order valence-electron chi connectivity index (χ2n) is 10.3. The number of amides is 1. The van der Waals surface area contributed by atoms with Crippen LogP contribution in [0, 0.1) is 12.8 Å². The van der Waals surface area contributed by atoms with E-state index in [1.54, 1.807) is 0 Å². The first kappa shape index (κ1) is 32.4. The number of benzene rings is 2. The van der Waals surface area contributed by atoms with E-state index in [0.717, 1.165) is 24.2 Å². The van der Waals surface area contributed by atoms with Gasteiger partial charge in [0.15, 0.2) is 0 Å². The molecule has 1 aromatic heterocycles. The number of nitrogens with zero attached hydrogens (tertiary/aromatic N) is 2. The molecule has 0 radical (unpaired) electrons. The van der Waals surface area contributed by atoms with Crippen molar-refractivity contribution in [3.8, 4) is 0 Å². The number of aryl methyl sites for hydroxylation is 1. The van der Waals surface area contributed by atoms with Gasteiger partial charge in [-0.3, -0.25) is 4.79 Å². The van der Waals surface area contributed by atoms with Crippen molar-refractivity contribution in [2.45, 2.75) is 64.1 Å². The van der Waals surface area contributed by atoms with Crippen LogP contribution < -0.4 is 16.0 Å². The number of anilines is 2. The number of alkyl halides is 3. The van der Waals surface area contributed by atoms with E-state index >= 15 is 0 Å². The summed E-state index contributed by atoms with van der Waals surface area (Å²) in [5.74, 6) is -0.806. The van der Waals surface area contributed by atoms with Gasteiger partial charge < -0.3 is 21.1 Å². The molecule has 1 aliphatic rings. The molecule has 1 saturated carbocycles. The Morgan fingerprint density at radius 1 is 0.952 bits per heavy atom. The van der Waals surface area contributed by atoms with E-state index in [4.69, 9.17) is 14.9 Å². The van der Waals surface area contributed by atoms with Crippen LogP contribution in [0.5, 0.6) is 0 Å². The van der Waals surface area contributed by atoms with E-state index in [0.29, 0.717) is 30.6 Å². The van der Waals surface area contributed by atoms with E-state index in [2.05, 4.69) is 33.1 Å². The molecule has 4 N–H and O–H groups in total. The van der Waals surface area contributed by atoms with Gasteiger partial charge >= 0.3 is 12.1 Å². The number of hydrogen-bond donors (Lipinski definition) is 4. The van der Waals surface area contributed by atoms with Crippen molar-refractivity contribution in [2.75, 3.05) is 23.7 Å². The van der Waals surface area contributed by atoms with Crippen LogP contribution in [0.1, 0.15) is 48.9 Å². The van der Waals surface area contributed by atoms with Crippen molar-refractivity contribution in [3.05, 3.63) is 83.6 Å². The standard InChI is InChI=1S/C29H37N5O.C2HF3O2/c1-22-19-27(34-29(32-22)31-21-25-15-9-4-10-16-25)33-26(20-24-13-7-3-8-14-24)28(35)30-18-17-23-11-5-2-6-12-23;3-2(4,5)1(6)7/h2-3,5-8,11-14,19,25-26H,4,9-10,15-18,20-21H2,1H3,(H,30,35)(H2,31,32,33,34);(H,6,7)/t26-;/m0./s1. The number of hydrogen-bond acceptors (Lipinski definition) is 6. The number of carbonyl (C=O) groups excluding carboxylic acids is 1. The average Bonchev–Trinajstić information content (AvgIpc) is 2.97. The van der Waals surface area contributed by atoms with Crippen LogP contribution in [0.25, 0.3) is 0 Å². The molecule has 0 unspecified atom stereocenters. The SMILES string of the molecule is Cc1cc(N[C@@H](Cc2ccccc2)C(=O)NCCc2ccccc2)nc(NCC2CCCCC2)n1.O=C(O)C(F)(F)F. The van der Waals surface area contributed by atoms with Crippen molar-refractivity contribution in [3.63, 3.8) is 0 Å². The molecule has 226 valence electrons. The van der Waals surface area contributed by atoms with Crippen molar-refractivity contribution in [1.29, 1.82) is 0 Å². The summed E-state index contributed by atoms with van der Waals surface area (Å²) in [6.45, 7) is 3.45. The van der Waals surface area contributed by atoms with Gasteiger partial charge in [0, 0.05) is 31.3 Å². The minimum Gasteiger partial charge on any atom is -0.475 e. The van der Waals surface area contributed by atoms with Crippen LogP contribution >= 0.6 is 0 Å². The highest BCUT2D eigenvalue weighted by Crippen LogP contribution is 2.24. The fourth-order valence-corrected chi connectivity index (χ4v) is 4.68. The Kier molecular flexibility index (Phi) is 12.6. The fraction of sp³-hybridized carbons (Fsp3) is 0.419.